The van der Waals surface area contributed by atoms with E-state index in [2.05, 4.69) is 20.7 Å². The zero-order valence-electron chi connectivity index (χ0n) is 8.24. The van der Waals surface area contributed by atoms with Crippen LogP contribution in [0.15, 0.2) is 6.20 Å². The van der Waals surface area contributed by atoms with Crippen molar-refractivity contribution < 1.29 is 4.79 Å². The highest BCUT2D eigenvalue weighted by Crippen LogP contribution is 2.23. The van der Waals surface area contributed by atoms with Crippen molar-refractivity contribution in [3.63, 3.8) is 0 Å². The zero-order valence-corrected chi connectivity index (χ0v) is 9.00. The Morgan fingerprint density at radius 3 is 3.00 bits per heavy atom. The molecule has 82 valence electrons. The van der Waals surface area contributed by atoms with Crippen LogP contribution in [0.5, 0.6) is 0 Å². The summed E-state index contributed by atoms with van der Waals surface area (Å²) in [6.07, 6.45) is 5.57. The molecule has 1 saturated carbocycles. The van der Waals surface area contributed by atoms with Gasteiger partial charge in [-0.1, -0.05) is 12.8 Å². The van der Waals surface area contributed by atoms with Crippen molar-refractivity contribution in [2.75, 3.05) is 0 Å². The summed E-state index contributed by atoms with van der Waals surface area (Å²) >= 11 is 6.13. The number of carbonyl (C=O) groups is 1. The fourth-order valence-electron chi connectivity index (χ4n) is 1.80. The molecule has 5 nitrogen and oxygen atoms in total. The Bertz CT molecular complexity index is 327. The van der Waals surface area contributed by atoms with Crippen molar-refractivity contribution in [1.29, 1.82) is 0 Å². The van der Waals surface area contributed by atoms with E-state index in [0.717, 1.165) is 25.7 Å². The van der Waals surface area contributed by atoms with E-state index < -0.39 is 0 Å². The number of nitrogens with zero attached hydrogens (tertiary/aromatic N) is 2. The summed E-state index contributed by atoms with van der Waals surface area (Å²) in [5.41, 5.74) is 0.310. The van der Waals surface area contributed by atoms with Crippen LogP contribution in [-0.2, 0) is 0 Å². The average Bonchev–Trinajstić information content (AvgIpc) is 2.74. The molecule has 1 amide bonds. The first-order valence-corrected chi connectivity index (χ1v) is 5.51. The second-order valence-corrected chi connectivity index (χ2v) is 4.30. The number of rotatable bonds is 2. The van der Waals surface area contributed by atoms with Gasteiger partial charge in [0.25, 0.3) is 5.91 Å². The van der Waals surface area contributed by atoms with Crippen LogP contribution in [0.25, 0.3) is 0 Å². The van der Waals surface area contributed by atoms with Gasteiger partial charge in [0.2, 0.25) is 0 Å². The van der Waals surface area contributed by atoms with E-state index >= 15 is 0 Å². The Morgan fingerprint density at radius 1 is 1.53 bits per heavy atom. The predicted octanol–water partition coefficient (Wildman–Crippen LogP) is 1.08. The molecule has 1 aromatic heterocycles. The summed E-state index contributed by atoms with van der Waals surface area (Å²) in [6, 6.07) is 0.0598. The first-order valence-electron chi connectivity index (χ1n) is 5.08. The van der Waals surface area contributed by atoms with Gasteiger partial charge in [-0.3, -0.25) is 4.79 Å². The lowest BCUT2D eigenvalue weighted by atomic mass is 9.95. The fourth-order valence-corrected chi connectivity index (χ4v) is 2.14. The second kappa shape index (κ2) is 4.61. The quantitative estimate of drug-likeness (QED) is 0.745. The molecule has 15 heavy (non-hydrogen) atoms. The highest BCUT2D eigenvalue weighted by atomic mass is 35.5. The van der Waals surface area contributed by atoms with Crippen LogP contribution in [0.3, 0.4) is 0 Å². The normalized spacial score (nSPS) is 26.2. The standard InChI is InChI=1S/C9H13ClN4O/c10-6-3-1-2-4-7(6)12-9(15)8-5-11-14-13-8/h5-7H,1-4H2,(H,12,15)(H,11,13,14). The monoisotopic (exact) mass is 228 g/mol. The molecule has 2 atom stereocenters. The molecule has 6 heteroatoms. The van der Waals surface area contributed by atoms with E-state index in [4.69, 9.17) is 11.6 Å². The van der Waals surface area contributed by atoms with Crippen molar-refractivity contribution >= 4 is 17.5 Å². The summed E-state index contributed by atoms with van der Waals surface area (Å²) in [5.74, 6) is -0.207. The predicted molar refractivity (Wildman–Crippen MR) is 55.7 cm³/mol. The number of carbonyl (C=O) groups excluding carboxylic acids is 1. The molecular formula is C9H13ClN4O. The van der Waals surface area contributed by atoms with E-state index in [-0.39, 0.29) is 17.3 Å². The first kappa shape index (κ1) is 10.4. The van der Waals surface area contributed by atoms with Crippen LogP contribution in [0.2, 0.25) is 0 Å². The minimum atomic E-state index is -0.207. The number of aromatic nitrogens is 3. The van der Waals surface area contributed by atoms with Gasteiger partial charge in [-0.25, -0.2) is 0 Å². The van der Waals surface area contributed by atoms with E-state index in [0.29, 0.717) is 5.69 Å². The van der Waals surface area contributed by atoms with Crippen LogP contribution in [0.4, 0.5) is 0 Å². The topological polar surface area (TPSA) is 70.7 Å². The van der Waals surface area contributed by atoms with Gasteiger partial charge in [0.1, 0.15) is 0 Å². The third-order valence-corrected chi connectivity index (χ3v) is 3.17. The Balaban J connectivity index is 1.93. The van der Waals surface area contributed by atoms with Crippen molar-refractivity contribution in [2.24, 2.45) is 0 Å². The number of nitrogens with one attached hydrogen (secondary N) is 2. The lowest BCUT2D eigenvalue weighted by molar-refractivity contribution is 0.0923. The maximum Gasteiger partial charge on any atom is 0.273 e. The Kier molecular flexibility index (Phi) is 3.20. The van der Waals surface area contributed by atoms with Gasteiger partial charge in [-0.2, -0.15) is 15.4 Å². The van der Waals surface area contributed by atoms with Crippen molar-refractivity contribution in [1.82, 2.24) is 20.7 Å². The largest absolute Gasteiger partial charge is 0.346 e. The molecule has 0 aliphatic heterocycles. The van der Waals surface area contributed by atoms with Crippen LogP contribution in [0, 0.1) is 0 Å². The minimum Gasteiger partial charge on any atom is -0.346 e. The van der Waals surface area contributed by atoms with Crippen molar-refractivity contribution in [3.8, 4) is 0 Å². The van der Waals surface area contributed by atoms with Crippen LogP contribution < -0.4 is 5.32 Å². The molecule has 0 spiro atoms. The van der Waals surface area contributed by atoms with Crippen molar-refractivity contribution in [3.05, 3.63) is 11.9 Å². The smallest absolute Gasteiger partial charge is 0.273 e. The molecule has 1 aliphatic rings. The summed E-state index contributed by atoms with van der Waals surface area (Å²) in [5, 5.41) is 12.6. The van der Waals surface area contributed by atoms with Gasteiger partial charge >= 0.3 is 0 Å². The number of hydrogen-bond acceptors (Lipinski definition) is 3. The van der Waals surface area contributed by atoms with Gasteiger partial charge in [-0.05, 0) is 12.8 Å². The average molecular weight is 229 g/mol. The maximum absolute atomic E-state index is 11.6. The summed E-state index contributed by atoms with van der Waals surface area (Å²) in [4.78, 5) is 11.6. The summed E-state index contributed by atoms with van der Waals surface area (Å²) in [7, 11) is 0. The minimum absolute atomic E-state index is 0.0367. The van der Waals surface area contributed by atoms with E-state index in [1.54, 1.807) is 0 Å². The van der Waals surface area contributed by atoms with Crippen molar-refractivity contribution in [2.45, 2.75) is 37.1 Å². The third-order valence-electron chi connectivity index (χ3n) is 2.65. The number of H-pyrrole nitrogens is 1. The van der Waals surface area contributed by atoms with E-state index in [9.17, 15) is 4.79 Å². The van der Waals surface area contributed by atoms with Gasteiger partial charge in [0.05, 0.1) is 11.6 Å². The first-order chi connectivity index (χ1) is 7.27. The lowest BCUT2D eigenvalue weighted by Gasteiger charge is -2.27. The number of alkyl halides is 1. The Morgan fingerprint density at radius 2 is 2.33 bits per heavy atom. The SMILES string of the molecule is O=C(NC1CCCCC1Cl)c1cn[nH]n1. The van der Waals surface area contributed by atoms with Crippen LogP contribution in [0.1, 0.15) is 36.2 Å². The molecule has 2 N–H and O–H groups in total. The van der Waals surface area contributed by atoms with Gasteiger partial charge in [0.15, 0.2) is 5.69 Å². The zero-order chi connectivity index (χ0) is 10.7. The maximum atomic E-state index is 11.6. The highest BCUT2D eigenvalue weighted by Gasteiger charge is 2.25. The highest BCUT2D eigenvalue weighted by molar-refractivity contribution is 6.21. The molecule has 2 unspecified atom stereocenters. The summed E-state index contributed by atoms with van der Waals surface area (Å²) < 4.78 is 0. The number of hydrogen-bond donors (Lipinski definition) is 2. The lowest BCUT2D eigenvalue weighted by Crippen LogP contribution is -2.42. The fraction of sp³-hybridized carbons (Fsp3) is 0.667. The third kappa shape index (κ3) is 2.47. The molecule has 1 fully saturated rings. The van der Waals surface area contributed by atoms with Gasteiger partial charge in [-0.15, -0.1) is 11.6 Å². The van der Waals surface area contributed by atoms with Gasteiger partial charge in [0, 0.05) is 6.04 Å². The molecule has 1 heterocycles. The van der Waals surface area contributed by atoms with Crippen LogP contribution in [-0.4, -0.2) is 32.7 Å². The van der Waals surface area contributed by atoms with E-state index in [1.165, 1.54) is 6.20 Å². The molecular weight excluding hydrogens is 216 g/mol. The molecule has 0 saturated heterocycles. The Hall–Kier alpha value is -1.10. The molecule has 2 rings (SSSR count). The molecule has 0 aromatic carbocycles. The summed E-state index contributed by atoms with van der Waals surface area (Å²) in [6.45, 7) is 0. The molecule has 1 aromatic rings. The van der Waals surface area contributed by atoms with E-state index in [1.807, 2.05) is 0 Å². The molecule has 0 radical (unpaired) electrons. The molecule has 1 aliphatic carbocycles. The van der Waals surface area contributed by atoms with Gasteiger partial charge < -0.3 is 5.32 Å². The second-order valence-electron chi connectivity index (χ2n) is 3.74. The number of halogens is 1. The number of amides is 1. The Labute approximate surface area is 92.6 Å². The molecule has 0 bridgehead atoms. The van der Waals surface area contributed by atoms with Crippen LogP contribution >= 0.6 is 11.6 Å². The number of aromatic amines is 1.